The maximum atomic E-state index is 12.7. The summed E-state index contributed by atoms with van der Waals surface area (Å²) in [6.07, 6.45) is 5.55. The van der Waals surface area contributed by atoms with E-state index in [1.807, 2.05) is 18.2 Å². The van der Waals surface area contributed by atoms with Gasteiger partial charge in [-0.2, -0.15) is 0 Å². The monoisotopic (exact) mass is 405 g/mol. The van der Waals surface area contributed by atoms with Crippen molar-refractivity contribution < 1.29 is 4.79 Å². The highest BCUT2D eigenvalue weighted by atomic mass is 16.2. The van der Waals surface area contributed by atoms with Crippen LogP contribution in [0.5, 0.6) is 0 Å². The second kappa shape index (κ2) is 7.44. The Labute approximate surface area is 172 Å². The van der Waals surface area contributed by atoms with Crippen molar-refractivity contribution in [3.05, 3.63) is 69.1 Å². The maximum absolute atomic E-state index is 12.7. The van der Waals surface area contributed by atoms with Gasteiger partial charge < -0.3 is 14.8 Å². The number of H-pyrrole nitrogens is 1. The molecule has 8 heteroatoms. The van der Waals surface area contributed by atoms with Crippen molar-refractivity contribution in [1.82, 2.24) is 19.4 Å². The molecular formula is C22H23N5O3. The van der Waals surface area contributed by atoms with Gasteiger partial charge in [-0.05, 0) is 49.1 Å². The van der Waals surface area contributed by atoms with Gasteiger partial charge in [0.15, 0.2) is 0 Å². The number of nitrogens with zero attached hydrogens (tertiary/aromatic N) is 4. The van der Waals surface area contributed by atoms with Crippen molar-refractivity contribution in [2.75, 3.05) is 31.1 Å². The summed E-state index contributed by atoms with van der Waals surface area (Å²) in [4.78, 5) is 48.1. The minimum atomic E-state index is -0.363. The molecule has 2 aliphatic rings. The largest absolute Gasteiger partial charge is 0.368 e. The van der Waals surface area contributed by atoms with Crippen LogP contribution < -0.4 is 16.0 Å². The number of hydrogen-bond donors (Lipinski definition) is 1. The third kappa shape index (κ3) is 3.49. The van der Waals surface area contributed by atoms with Gasteiger partial charge in [-0.15, -0.1) is 0 Å². The van der Waals surface area contributed by atoms with E-state index in [4.69, 9.17) is 0 Å². The van der Waals surface area contributed by atoms with Gasteiger partial charge in [-0.1, -0.05) is 0 Å². The molecule has 154 valence electrons. The van der Waals surface area contributed by atoms with E-state index in [-0.39, 0.29) is 22.6 Å². The Morgan fingerprint density at radius 1 is 1.10 bits per heavy atom. The van der Waals surface area contributed by atoms with E-state index >= 15 is 0 Å². The lowest BCUT2D eigenvalue weighted by Crippen LogP contribution is -2.49. The predicted octanol–water partition coefficient (Wildman–Crippen LogP) is 1.46. The molecule has 0 radical (unpaired) electrons. The van der Waals surface area contributed by atoms with Gasteiger partial charge in [-0.3, -0.25) is 19.0 Å². The van der Waals surface area contributed by atoms with E-state index in [1.165, 1.54) is 19.0 Å². The van der Waals surface area contributed by atoms with E-state index < -0.39 is 0 Å². The van der Waals surface area contributed by atoms with Crippen LogP contribution in [0, 0.1) is 5.92 Å². The van der Waals surface area contributed by atoms with Gasteiger partial charge >= 0.3 is 0 Å². The SMILES string of the molecule is O=C(c1ccc[nH]c1=O)N1CCN(c2ccc3c(=O)n(CC4CC4)cnc3c2)CC1. The molecule has 0 bridgehead atoms. The van der Waals surface area contributed by atoms with Crippen LogP contribution in [0.3, 0.4) is 0 Å². The topological polar surface area (TPSA) is 91.3 Å². The van der Waals surface area contributed by atoms with E-state index in [1.54, 1.807) is 27.9 Å². The summed E-state index contributed by atoms with van der Waals surface area (Å²) < 4.78 is 1.72. The summed E-state index contributed by atoms with van der Waals surface area (Å²) >= 11 is 0. The quantitative estimate of drug-likeness (QED) is 0.710. The number of carbonyl (C=O) groups is 1. The Balaban J connectivity index is 1.31. The first-order valence-corrected chi connectivity index (χ1v) is 10.3. The number of carbonyl (C=O) groups excluding carboxylic acids is 1. The number of amides is 1. The van der Waals surface area contributed by atoms with Crippen molar-refractivity contribution >= 4 is 22.5 Å². The summed E-state index contributed by atoms with van der Waals surface area (Å²) in [6, 6.07) is 8.96. The molecule has 0 unspecified atom stereocenters. The van der Waals surface area contributed by atoms with Crippen molar-refractivity contribution in [1.29, 1.82) is 0 Å². The standard InChI is InChI=1S/C22H23N5O3/c28-20-18(2-1-7-23-20)22(30)26-10-8-25(9-11-26)16-5-6-17-19(12-16)24-14-27(21(17)29)13-15-3-4-15/h1-2,5-7,12,14-15H,3-4,8-11,13H2,(H,23,28). The molecule has 1 amide bonds. The number of nitrogens with one attached hydrogen (secondary N) is 1. The van der Waals surface area contributed by atoms with Gasteiger partial charge in [0.2, 0.25) is 0 Å². The molecule has 0 atom stereocenters. The highest BCUT2D eigenvalue weighted by molar-refractivity contribution is 5.94. The van der Waals surface area contributed by atoms with Crippen molar-refractivity contribution in [2.45, 2.75) is 19.4 Å². The van der Waals surface area contributed by atoms with Crippen LogP contribution in [0.1, 0.15) is 23.2 Å². The third-order valence-corrected chi connectivity index (χ3v) is 5.94. The first-order valence-electron chi connectivity index (χ1n) is 10.3. The van der Waals surface area contributed by atoms with Crippen LogP contribution in [0.2, 0.25) is 0 Å². The van der Waals surface area contributed by atoms with Crippen LogP contribution in [0.15, 0.2) is 52.4 Å². The molecule has 3 aromatic rings. The Hall–Kier alpha value is -3.42. The number of benzene rings is 1. The van der Waals surface area contributed by atoms with E-state index in [0.29, 0.717) is 43.0 Å². The van der Waals surface area contributed by atoms with E-state index in [2.05, 4.69) is 14.9 Å². The first-order chi connectivity index (χ1) is 14.6. The van der Waals surface area contributed by atoms with E-state index in [9.17, 15) is 14.4 Å². The fourth-order valence-electron chi connectivity index (χ4n) is 3.98. The molecule has 2 aromatic heterocycles. The fourth-order valence-corrected chi connectivity index (χ4v) is 3.98. The number of piperazine rings is 1. The summed E-state index contributed by atoms with van der Waals surface area (Å²) in [6.45, 7) is 3.12. The van der Waals surface area contributed by atoms with Crippen LogP contribution >= 0.6 is 0 Å². The zero-order chi connectivity index (χ0) is 20.7. The van der Waals surface area contributed by atoms with Crippen LogP contribution in [-0.2, 0) is 6.54 Å². The molecule has 1 saturated heterocycles. The van der Waals surface area contributed by atoms with Gasteiger partial charge in [0.1, 0.15) is 5.56 Å². The van der Waals surface area contributed by atoms with Crippen molar-refractivity contribution in [3.8, 4) is 0 Å². The number of anilines is 1. The lowest BCUT2D eigenvalue weighted by atomic mass is 10.1. The minimum Gasteiger partial charge on any atom is -0.368 e. The van der Waals surface area contributed by atoms with Gasteiger partial charge in [0.25, 0.3) is 17.0 Å². The van der Waals surface area contributed by atoms with Gasteiger partial charge in [-0.25, -0.2) is 4.98 Å². The van der Waals surface area contributed by atoms with Crippen molar-refractivity contribution in [2.24, 2.45) is 5.92 Å². The zero-order valence-electron chi connectivity index (χ0n) is 16.6. The minimum absolute atomic E-state index is 0.0157. The Morgan fingerprint density at radius 2 is 1.90 bits per heavy atom. The second-order valence-corrected chi connectivity index (χ2v) is 8.04. The summed E-state index contributed by atoms with van der Waals surface area (Å²) in [5, 5.41) is 0.638. The number of fused-ring (bicyclic) bond motifs is 1. The zero-order valence-corrected chi connectivity index (χ0v) is 16.6. The highest BCUT2D eigenvalue weighted by Crippen LogP contribution is 2.30. The summed E-state index contributed by atoms with van der Waals surface area (Å²) in [7, 11) is 0. The fraction of sp³-hybridized carbons (Fsp3) is 0.364. The summed E-state index contributed by atoms with van der Waals surface area (Å²) in [5.74, 6) is 0.375. The summed E-state index contributed by atoms with van der Waals surface area (Å²) in [5.41, 5.74) is 1.50. The number of aromatic nitrogens is 3. The maximum Gasteiger partial charge on any atom is 0.261 e. The van der Waals surface area contributed by atoms with Crippen LogP contribution in [0.25, 0.3) is 10.9 Å². The first kappa shape index (κ1) is 18.6. The van der Waals surface area contributed by atoms with Crippen LogP contribution in [-0.4, -0.2) is 51.5 Å². The Kier molecular flexibility index (Phi) is 4.61. The van der Waals surface area contributed by atoms with E-state index in [0.717, 1.165) is 12.2 Å². The van der Waals surface area contributed by atoms with Gasteiger partial charge in [0.05, 0.1) is 17.2 Å². The molecule has 1 N–H and O–H groups in total. The lowest BCUT2D eigenvalue weighted by Gasteiger charge is -2.36. The Bertz CT molecular complexity index is 1220. The number of rotatable bonds is 4. The predicted molar refractivity (Wildman–Crippen MR) is 114 cm³/mol. The second-order valence-electron chi connectivity index (χ2n) is 8.04. The molecule has 1 saturated carbocycles. The molecular weight excluding hydrogens is 382 g/mol. The van der Waals surface area contributed by atoms with Crippen LogP contribution in [0.4, 0.5) is 5.69 Å². The Morgan fingerprint density at radius 3 is 2.63 bits per heavy atom. The number of pyridine rings is 1. The molecule has 1 aromatic carbocycles. The molecule has 0 spiro atoms. The smallest absolute Gasteiger partial charge is 0.261 e. The van der Waals surface area contributed by atoms with Gasteiger partial charge in [0, 0.05) is 44.6 Å². The lowest BCUT2D eigenvalue weighted by molar-refractivity contribution is 0.0745. The molecule has 5 rings (SSSR count). The molecule has 3 heterocycles. The molecule has 30 heavy (non-hydrogen) atoms. The molecule has 1 aliphatic carbocycles. The number of aromatic amines is 1. The highest BCUT2D eigenvalue weighted by Gasteiger charge is 2.25. The third-order valence-electron chi connectivity index (χ3n) is 5.94. The molecule has 8 nitrogen and oxygen atoms in total. The molecule has 2 fully saturated rings. The molecule has 1 aliphatic heterocycles. The normalized spacial score (nSPS) is 16.8. The average molecular weight is 405 g/mol. The number of hydrogen-bond acceptors (Lipinski definition) is 5. The average Bonchev–Trinajstić information content (AvgIpc) is 3.60. The van der Waals surface area contributed by atoms with Crippen molar-refractivity contribution in [3.63, 3.8) is 0 Å².